The molecule has 1 aliphatic heterocycles. The van der Waals surface area contributed by atoms with Crippen LogP contribution in [-0.2, 0) is 23.6 Å². The van der Waals surface area contributed by atoms with Crippen LogP contribution in [0.1, 0.15) is 194 Å². The van der Waals surface area contributed by atoms with Gasteiger partial charge in [0.05, 0.1) is 6.61 Å². The minimum atomic E-state index is -0.868. The van der Waals surface area contributed by atoms with Crippen molar-refractivity contribution in [1.29, 1.82) is 0 Å². The van der Waals surface area contributed by atoms with E-state index in [4.69, 9.17) is 14.0 Å². The first-order valence-electron chi connectivity index (χ1n) is 20.2. The van der Waals surface area contributed by atoms with E-state index in [-0.39, 0.29) is 25.2 Å². The summed E-state index contributed by atoms with van der Waals surface area (Å²) in [6.07, 6.45) is 33.5. The molecular formula is C39H77N2O5P. The molecule has 7 nitrogen and oxygen atoms in total. The monoisotopic (exact) mass is 685 g/mol. The molecule has 0 aliphatic carbocycles. The van der Waals surface area contributed by atoms with Crippen LogP contribution < -0.4 is 0 Å². The van der Waals surface area contributed by atoms with Crippen molar-refractivity contribution >= 4 is 20.4 Å². The summed E-state index contributed by atoms with van der Waals surface area (Å²) in [5.74, 6) is -0.415. The Kier molecular flexibility index (Phi) is 30.6. The largest absolute Gasteiger partial charge is 0.462 e. The van der Waals surface area contributed by atoms with Gasteiger partial charge in [0, 0.05) is 25.9 Å². The fourth-order valence-electron chi connectivity index (χ4n) is 6.26. The molecule has 0 unspecified atom stereocenters. The molecule has 0 amide bonds. The predicted octanol–water partition coefficient (Wildman–Crippen LogP) is 11.5. The van der Waals surface area contributed by atoms with Gasteiger partial charge in [0.1, 0.15) is 6.61 Å². The highest BCUT2D eigenvalue weighted by molar-refractivity contribution is 7.47. The number of likely N-dealkylation sites (N-methyl/N-ethyl adjacent to an activating group) is 2. The van der Waals surface area contributed by atoms with Crippen LogP contribution in [0.25, 0.3) is 0 Å². The Labute approximate surface area is 292 Å². The lowest BCUT2D eigenvalue weighted by molar-refractivity contribution is -0.161. The van der Waals surface area contributed by atoms with E-state index in [9.17, 15) is 9.59 Å². The molecule has 0 radical (unpaired) electrons. The minimum Gasteiger partial charge on any atom is -0.462 e. The molecule has 1 fully saturated rings. The van der Waals surface area contributed by atoms with E-state index >= 15 is 0 Å². The number of esters is 2. The average molecular weight is 685 g/mol. The van der Waals surface area contributed by atoms with Crippen LogP contribution in [0.2, 0.25) is 0 Å². The maximum absolute atomic E-state index is 12.7. The van der Waals surface area contributed by atoms with E-state index in [1.807, 2.05) is 0 Å². The van der Waals surface area contributed by atoms with Crippen LogP contribution in [-0.4, -0.2) is 67.8 Å². The molecule has 0 bridgehead atoms. The van der Waals surface area contributed by atoms with Gasteiger partial charge in [-0.2, -0.15) is 0 Å². The molecule has 1 heterocycles. The van der Waals surface area contributed by atoms with Crippen molar-refractivity contribution in [2.75, 3.05) is 40.4 Å². The van der Waals surface area contributed by atoms with Gasteiger partial charge in [-0.05, 0) is 26.9 Å². The summed E-state index contributed by atoms with van der Waals surface area (Å²) in [6.45, 7) is 6.77. The van der Waals surface area contributed by atoms with Crippen molar-refractivity contribution in [3.8, 4) is 0 Å². The van der Waals surface area contributed by atoms with Crippen LogP contribution in [0.5, 0.6) is 0 Å². The van der Waals surface area contributed by atoms with Crippen LogP contribution in [0, 0.1) is 0 Å². The number of hydrogen-bond acceptors (Lipinski definition) is 7. The summed E-state index contributed by atoms with van der Waals surface area (Å²) in [6, 6.07) is 0. The second kappa shape index (κ2) is 32.5. The molecule has 1 atom stereocenters. The molecule has 278 valence electrons. The second-order valence-corrected chi connectivity index (χ2v) is 16.2. The molecule has 0 spiro atoms. The van der Waals surface area contributed by atoms with Gasteiger partial charge in [0.15, 0.2) is 14.6 Å². The van der Waals surface area contributed by atoms with Gasteiger partial charge in [-0.25, -0.2) is 9.34 Å². The third-order valence-electron chi connectivity index (χ3n) is 9.40. The summed E-state index contributed by atoms with van der Waals surface area (Å²) in [4.78, 5) is 25.2. The van der Waals surface area contributed by atoms with Gasteiger partial charge in [-0.15, -0.1) is 0 Å². The van der Waals surface area contributed by atoms with Crippen molar-refractivity contribution in [2.24, 2.45) is 0 Å². The number of carbonyl (C=O) groups is 2. The Hall–Kier alpha value is -0.750. The molecule has 1 aliphatic rings. The minimum absolute atomic E-state index is 0.0677. The Balaban J connectivity index is 2.19. The predicted molar refractivity (Wildman–Crippen MR) is 200 cm³/mol. The van der Waals surface area contributed by atoms with E-state index in [1.165, 1.54) is 141 Å². The van der Waals surface area contributed by atoms with Crippen LogP contribution in [0.3, 0.4) is 0 Å². The van der Waals surface area contributed by atoms with Gasteiger partial charge in [-0.1, -0.05) is 168 Å². The van der Waals surface area contributed by atoms with Gasteiger partial charge in [0.25, 0.3) is 0 Å². The Morgan fingerprint density at radius 2 is 0.851 bits per heavy atom. The zero-order valence-electron chi connectivity index (χ0n) is 31.6. The smallest absolute Gasteiger partial charge is 0.306 e. The lowest BCUT2D eigenvalue weighted by Crippen LogP contribution is -2.30. The molecule has 0 aromatic rings. The van der Waals surface area contributed by atoms with Crippen molar-refractivity contribution < 1.29 is 23.6 Å². The van der Waals surface area contributed by atoms with E-state index in [1.54, 1.807) is 0 Å². The van der Waals surface area contributed by atoms with Gasteiger partial charge in [0.2, 0.25) is 0 Å². The Bertz CT molecular complexity index is 717. The topological polar surface area (TPSA) is 68.3 Å². The van der Waals surface area contributed by atoms with Gasteiger partial charge >= 0.3 is 11.9 Å². The Morgan fingerprint density at radius 3 is 1.23 bits per heavy atom. The van der Waals surface area contributed by atoms with E-state index < -0.39 is 14.6 Å². The fourth-order valence-corrected chi connectivity index (χ4v) is 8.00. The zero-order chi connectivity index (χ0) is 34.2. The summed E-state index contributed by atoms with van der Waals surface area (Å²) < 4.78 is 21.9. The molecule has 0 aromatic heterocycles. The molecule has 8 heteroatoms. The standard InChI is InChI=1S/C39H77N2O5P/c1-5-7-9-11-13-15-17-19-21-23-25-27-29-31-38(42)44-35-37(36-45-47-40(3)33-34-41(47)4)46-39(43)32-30-28-26-24-22-20-18-16-14-12-10-8-6-2/h37H,5-36H2,1-4H3/t37-/m1/s1. The maximum atomic E-state index is 12.7. The summed E-state index contributed by atoms with van der Waals surface area (Å²) in [7, 11) is 3.24. The first kappa shape index (κ1) is 44.3. The molecule has 0 aromatic carbocycles. The number of carbonyl (C=O) groups excluding carboxylic acids is 2. The molecule has 1 rings (SSSR count). The van der Waals surface area contributed by atoms with Gasteiger partial charge < -0.3 is 14.0 Å². The van der Waals surface area contributed by atoms with Crippen molar-refractivity contribution in [3.05, 3.63) is 0 Å². The lowest BCUT2D eigenvalue weighted by Gasteiger charge is -2.26. The highest BCUT2D eigenvalue weighted by atomic mass is 31.2. The molecule has 47 heavy (non-hydrogen) atoms. The fraction of sp³-hybridized carbons (Fsp3) is 0.949. The molecular weight excluding hydrogens is 607 g/mol. The van der Waals surface area contributed by atoms with Gasteiger partial charge in [-0.3, -0.25) is 9.59 Å². The lowest BCUT2D eigenvalue weighted by atomic mass is 10.0. The maximum Gasteiger partial charge on any atom is 0.306 e. The number of nitrogens with zero attached hydrogens (tertiary/aromatic N) is 2. The third kappa shape index (κ3) is 26.8. The first-order chi connectivity index (χ1) is 23.0. The molecule has 0 N–H and O–H groups in total. The summed E-state index contributed by atoms with van der Waals surface area (Å²) >= 11 is 0. The third-order valence-corrected chi connectivity index (χ3v) is 11.4. The Morgan fingerprint density at radius 1 is 0.511 bits per heavy atom. The first-order valence-corrected chi connectivity index (χ1v) is 21.3. The van der Waals surface area contributed by atoms with Crippen LogP contribution in [0.15, 0.2) is 0 Å². The highest BCUT2D eigenvalue weighted by Crippen LogP contribution is 2.47. The van der Waals surface area contributed by atoms with E-state index in [2.05, 4.69) is 37.3 Å². The second-order valence-electron chi connectivity index (χ2n) is 14.1. The van der Waals surface area contributed by atoms with Crippen LogP contribution >= 0.6 is 8.45 Å². The number of rotatable bonds is 34. The van der Waals surface area contributed by atoms with Crippen molar-refractivity contribution in [2.45, 2.75) is 200 Å². The zero-order valence-corrected chi connectivity index (χ0v) is 32.5. The van der Waals surface area contributed by atoms with E-state index in [0.717, 1.165) is 38.8 Å². The van der Waals surface area contributed by atoms with Crippen molar-refractivity contribution in [1.82, 2.24) is 9.34 Å². The molecule has 0 saturated carbocycles. The summed E-state index contributed by atoms with van der Waals surface area (Å²) in [5.41, 5.74) is 0. The normalized spacial score (nSPS) is 15.0. The number of ether oxygens (including phenoxy) is 2. The van der Waals surface area contributed by atoms with E-state index in [0.29, 0.717) is 12.8 Å². The highest BCUT2D eigenvalue weighted by Gasteiger charge is 2.30. The SMILES string of the molecule is CCCCCCCCCCCCCCCC(=O)OC[C@H](COP1N(C)CCN1C)OC(=O)CCCCCCCCCCCCCCC. The molecule has 1 saturated heterocycles. The quantitative estimate of drug-likeness (QED) is 0.0379. The average Bonchev–Trinajstić information content (AvgIpc) is 3.39. The number of hydrogen-bond donors (Lipinski definition) is 0. The summed E-state index contributed by atoms with van der Waals surface area (Å²) in [5, 5.41) is 0. The van der Waals surface area contributed by atoms with Crippen LogP contribution in [0.4, 0.5) is 0 Å². The van der Waals surface area contributed by atoms with Crippen molar-refractivity contribution in [3.63, 3.8) is 0 Å². The number of unbranched alkanes of at least 4 members (excludes halogenated alkanes) is 24.